The molecule has 1 aliphatic heterocycles. The summed E-state index contributed by atoms with van der Waals surface area (Å²) >= 11 is 0. The van der Waals surface area contributed by atoms with Gasteiger partial charge in [-0.05, 0) is 6.07 Å². The van der Waals surface area contributed by atoms with Crippen LogP contribution in [0.4, 0.5) is 0 Å². The Bertz CT molecular complexity index is 437. The fourth-order valence-electron chi connectivity index (χ4n) is 1.91. The smallest absolute Gasteiger partial charge is 0.203 e. The van der Waals surface area contributed by atoms with E-state index in [1.165, 1.54) is 0 Å². The molecule has 1 aromatic rings. The molecule has 0 N–H and O–H groups in total. The van der Waals surface area contributed by atoms with Crippen molar-refractivity contribution in [1.29, 1.82) is 5.26 Å². The van der Waals surface area contributed by atoms with Gasteiger partial charge in [0.05, 0.1) is 32.8 Å². The molecule has 0 fully saturated rings. The van der Waals surface area contributed by atoms with Gasteiger partial charge in [0, 0.05) is 12.0 Å². The Kier molecular flexibility index (Phi) is 2.86. The van der Waals surface area contributed by atoms with E-state index in [2.05, 4.69) is 6.07 Å². The molecule has 0 aliphatic carbocycles. The van der Waals surface area contributed by atoms with E-state index in [4.69, 9.17) is 19.5 Å². The second kappa shape index (κ2) is 4.31. The van der Waals surface area contributed by atoms with Crippen molar-refractivity contribution in [3.8, 4) is 23.3 Å². The standard InChI is InChI=1S/C12H13NO3/c1-14-10-4-3-9-8(7-13)5-6-16-11(9)12(10)15-2/h3-4,8H,5-6H2,1-2H3. The lowest BCUT2D eigenvalue weighted by Crippen LogP contribution is -2.14. The quantitative estimate of drug-likeness (QED) is 0.764. The van der Waals surface area contributed by atoms with E-state index >= 15 is 0 Å². The average molecular weight is 219 g/mol. The first-order chi connectivity index (χ1) is 7.81. The molecular weight excluding hydrogens is 206 g/mol. The average Bonchev–Trinajstić information content (AvgIpc) is 2.36. The van der Waals surface area contributed by atoms with Crippen LogP contribution >= 0.6 is 0 Å². The van der Waals surface area contributed by atoms with Crippen molar-refractivity contribution in [3.05, 3.63) is 17.7 Å². The summed E-state index contributed by atoms with van der Waals surface area (Å²) in [5.41, 5.74) is 0.881. The third kappa shape index (κ3) is 1.54. The highest BCUT2D eigenvalue weighted by Gasteiger charge is 2.26. The fraction of sp³-hybridized carbons (Fsp3) is 0.417. The lowest BCUT2D eigenvalue weighted by molar-refractivity contribution is 0.255. The van der Waals surface area contributed by atoms with Crippen molar-refractivity contribution >= 4 is 0 Å². The maximum Gasteiger partial charge on any atom is 0.203 e. The minimum atomic E-state index is -0.122. The maximum absolute atomic E-state index is 9.05. The Morgan fingerprint density at radius 3 is 2.81 bits per heavy atom. The molecule has 1 unspecified atom stereocenters. The molecule has 0 spiro atoms. The zero-order chi connectivity index (χ0) is 11.5. The van der Waals surface area contributed by atoms with Crippen molar-refractivity contribution in [1.82, 2.24) is 0 Å². The lowest BCUT2D eigenvalue weighted by atomic mass is 9.94. The van der Waals surface area contributed by atoms with E-state index in [0.29, 0.717) is 23.9 Å². The highest BCUT2D eigenvalue weighted by Crippen LogP contribution is 2.45. The van der Waals surface area contributed by atoms with Gasteiger partial charge in [-0.15, -0.1) is 0 Å². The van der Waals surface area contributed by atoms with E-state index in [1.54, 1.807) is 20.3 Å². The predicted octanol–water partition coefficient (Wildman–Crippen LogP) is 2.09. The fourth-order valence-corrected chi connectivity index (χ4v) is 1.91. The maximum atomic E-state index is 9.05. The number of hydrogen-bond donors (Lipinski definition) is 0. The van der Waals surface area contributed by atoms with Gasteiger partial charge in [-0.3, -0.25) is 0 Å². The molecule has 0 amide bonds. The van der Waals surface area contributed by atoms with Crippen molar-refractivity contribution < 1.29 is 14.2 Å². The van der Waals surface area contributed by atoms with Gasteiger partial charge in [0.15, 0.2) is 11.5 Å². The number of nitrogens with zero attached hydrogens (tertiary/aromatic N) is 1. The Morgan fingerprint density at radius 2 is 2.19 bits per heavy atom. The molecule has 0 radical (unpaired) electrons. The molecule has 2 rings (SSSR count). The van der Waals surface area contributed by atoms with Crippen LogP contribution in [0.5, 0.6) is 17.2 Å². The monoisotopic (exact) mass is 219 g/mol. The molecule has 0 saturated heterocycles. The topological polar surface area (TPSA) is 51.5 Å². The van der Waals surface area contributed by atoms with Gasteiger partial charge < -0.3 is 14.2 Å². The first-order valence-corrected chi connectivity index (χ1v) is 5.09. The molecule has 1 aromatic carbocycles. The van der Waals surface area contributed by atoms with Crippen LogP contribution in [0.2, 0.25) is 0 Å². The van der Waals surface area contributed by atoms with E-state index in [1.807, 2.05) is 6.07 Å². The molecule has 4 heteroatoms. The van der Waals surface area contributed by atoms with Crippen LogP contribution in [0.25, 0.3) is 0 Å². The Balaban J connectivity index is 2.55. The molecule has 0 bridgehead atoms. The molecule has 1 aliphatic rings. The van der Waals surface area contributed by atoms with E-state index in [9.17, 15) is 0 Å². The summed E-state index contributed by atoms with van der Waals surface area (Å²) in [6, 6.07) is 5.94. The number of nitriles is 1. The highest BCUT2D eigenvalue weighted by atomic mass is 16.5. The van der Waals surface area contributed by atoms with Gasteiger partial charge in [0.25, 0.3) is 0 Å². The van der Waals surface area contributed by atoms with Gasteiger partial charge in [-0.1, -0.05) is 6.07 Å². The summed E-state index contributed by atoms with van der Waals surface area (Å²) in [5, 5.41) is 9.05. The second-order valence-electron chi connectivity index (χ2n) is 3.54. The summed E-state index contributed by atoms with van der Waals surface area (Å²) in [4.78, 5) is 0. The summed E-state index contributed by atoms with van der Waals surface area (Å²) in [6.45, 7) is 0.536. The molecule has 0 saturated carbocycles. The highest BCUT2D eigenvalue weighted by molar-refractivity contribution is 5.58. The predicted molar refractivity (Wildman–Crippen MR) is 58.0 cm³/mol. The van der Waals surface area contributed by atoms with E-state index in [0.717, 1.165) is 12.0 Å². The molecule has 4 nitrogen and oxygen atoms in total. The van der Waals surface area contributed by atoms with Gasteiger partial charge in [-0.2, -0.15) is 5.26 Å². The minimum Gasteiger partial charge on any atom is -0.493 e. The molecule has 84 valence electrons. The van der Waals surface area contributed by atoms with Crippen LogP contribution in [0.1, 0.15) is 17.9 Å². The first-order valence-electron chi connectivity index (χ1n) is 5.09. The summed E-state index contributed by atoms with van der Waals surface area (Å²) in [5.74, 6) is 1.71. The van der Waals surface area contributed by atoms with Crippen LogP contribution in [-0.2, 0) is 0 Å². The Labute approximate surface area is 94.3 Å². The summed E-state index contributed by atoms with van der Waals surface area (Å²) < 4.78 is 16.0. The number of rotatable bonds is 2. The molecule has 16 heavy (non-hydrogen) atoms. The lowest BCUT2D eigenvalue weighted by Gasteiger charge is -2.24. The number of fused-ring (bicyclic) bond motifs is 1. The normalized spacial score (nSPS) is 17.9. The third-order valence-electron chi connectivity index (χ3n) is 2.71. The van der Waals surface area contributed by atoms with Crippen LogP contribution in [0.15, 0.2) is 12.1 Å². The van der Waals surface area contributed by atoms with Crippen LogP contribution in [0, 0.1) is 11.3 Å². The van der Waals surface area contributed by atoms with E-state index in [-0.39, 0.29) is 5.92 Å². The van der Waals surface area contributed by atoms with Gasteiger partial charge in [0.1, 0.15) is 0 Å². The van der Waals surface area contributed by atoms with E-state index < -0.39 is 0 Å². The number of benzene rings is 1. The number of methoxy groups -OCH3 is 2. The molecular formula is C12H13NO3. The SMILES string of the molecule is COc1ccc2c(c1OC)OCCC2C#N. The number of hydrogen-bond acceptors (Lipinski definition) is 4. The van der Waals surface area contributed by atoms with Gasteiger partial charge in [0.2, 0.25) is 5.75 Å². The minimum absolute atomic E-state index is 0.122. The Hall–Kier alpha value is -1.89. The zero-order valence-electron chi connectivity index (χ0n) is 9.32. The van der Waals surface area contributed by atoms with Crippen molar-refractivity contribution in [2.75, 3.05) is 20.8 Å². The van der Waals surface area contributed by atoms with Crippen LogP contribution < -0.4 is 14.2 Å². The largest absolute Gasteiger partial charge is 0.493 e. The second-order valence-corrected chi connectivity index (χ2v) is 3.54. The summed E-state index contributed by atoms with van der Waals surface area (Å²) in [6.07, 6.45) is 0.721. The molecule has 1 heterocycles. The third-order valence-corrected chi connectivity index (χ3v) is 2.71. The van der Waals surface area contributed by atoms with Crippen LogP contribution in [0.3, 0.4) is 0 Å². The zero-order valence-corrected chi connectivity index (χ0v) is 9.32. The Morgan fingerprint density at radius 1 is 1.38 bits per heavy atom. The molecule has 1 atom stereocenters. The molecule has 0 aromatic heterocycles. The van der Waals surface area contributed by atoms with Gasteiger partial charge in [-0.25, -0.2) is 0 Å². The van der Waals surface area contributed by atoms with Crippen molar-refractivity contribution in [2.24, 2.45) is 0 Å². The van der Waals surface area contributed by atoms with Crippen LogP contribution in [-0.4, -0.2) is 20.8 Å². The summed E-state index contributed by atoms with van der Waals surface area (Å²) in [7, 11) is 3.15. The van der Waals surface area contributed by atoms with Crippen molar-refractivity contribution in [2.45, 2.75) is 12.3 Å². The van der Waals surface area contributed by atoms with Crippen molar-refractivity contribution in [3.63, 3.8) is 0 Å². The number of ether oxygens (including phenoxy) is 3. The van der Waals surface area contributed by atoms with Gasteiger partial charge >= 0.3 is 0 Å². The first kappa shape index (κ1) is 10.6.